The molecule has 0 bridgehead atoms. The van der Waals surface area contributed by atoms with Crippen LogP contribution < -0.4 is 5.32 Å². The molecule has 2 rings (SSSR count). The summed E-state index contributed by atoms with van der Waals surface area (Å²) in [5.74, 6) is 1.52. The topological polar surface area (TPSA) is 49.3 Å². The van der Waals surface area contributed by atoms with Crippen LogP contribution in [0.25, 0.3) is 0 Å². The lowest BCUT2D eigenvalue weighted by Crippen LogP contribution is -2.49. The molecule has 1 aromatic carbocycles. The minimum absolute atomic E-state index is 0.210. The molecule has 98 valence electrons. The van der Waals surface area contributed by atoms with E-state index in [0.717, 1.165) is 17.9 Å². The van der Waals surface area contributed by atoms with Crippen LogP contribution in [0.3, 0.4) is 0 Å². The summed E-state index contributed by atoms with van der Waals surface area (Å²) in [6.45, 7) is 0.582. The number of carbonyl (C=O) groups excluding carboxylic acids is 1. The molecule has 0 unspecified atom stereocenters. The molecule has 18 heavy (non-hydrogen) atoms. The van der Waals surface area contributed by atoms with E-state index in [-0.39, 0.29) is 5.91 Å². The molecular formula is C14H19NO2S. The molecule has 1 aromatic rings. The number of rotatable bonds is 4. The molecule has 0 aromatic heterocycles. The van der Waals surface area contributed by atoms with Crippen LogP contribution in [0.4, 0.5) is 0 Å². The summed E-state index contributed by atoms with van der Waals surface area (Å²) >= 11 is 1.80. The second kappa shape index (κ2) is 6.25. The Bertz CT molecular complexity index is 388. The lowest BCUT2D eigenvalue weighted by Gasteiger charge is -2.30. The fourth-order valence-corrected chi connectivity index (χ4v) is 3.23. The highest BCUT2D eigenvalue weighted by atomic mass is 32.2. The van der Waals surface area contributed by atoms with Crippen molar-refractivity contribution >= 4 is 17.7 Å². The van der Waals surface area contributed by atoms with Gasteiger partial charge in [-0.15, -0.1) is 0 Å². The summed E-state index contributed by atoms with van der Waals surface area (Å²) in [4.78, 5) is 11.9. The zero-order chi connectivity index (χ0) is 12.8. The van der Waals surface area contributed by atoms with Crippen molar-refractivity contribution in [3.05, 3.63) is 35.9 Å². The summed E-state index contributed by atoms with van der Waals surface area (Å²) in [6.07, 6.45) is 1.93. The summed E-state index contributed by atoms with van der Waals surface area (Å²) in [6, 6.07) is 10.0. The van der Waals surface area contributed by atoms with E-state index >= 15 is 0 Å². The van der Waals surface area contributed by atoms with Gasteiger partial charge in [-0.3, -0.25) is 4.79 Å². The van der Waals surface area contributed by atoms with Crippen LogP contribution in [0, 0.1) is 0 Å². The highest BCUT2D eigenvalue weighted by Crippen LogP contribution is 2.26. The molecule has 1 heterocycles. The molecule has 2 N–H and O–H groups in total. The van der Waals surface area contributed by atoms with Crippen molar-refractivity contribution in [3.63, 3.8) is 0 Å². The molecule has 0 saturated carbocycles. The summed E-state index contributed by atoms with van der Waals surface area (Å²) in [5.41, 5.74) is 0.0612. The van der Waals surface area contributed by atoms with Crippen LogP contribution in [0.2, 0.25) is 0 Å². The summed E-state index contributed by atoms with van der Waals surface area (Å²) in [5, 5.41) is 13.1. The summed E-state index contributed by atoms with van der Waals surface area (Å²) < 4.78 is 0. The van der Waals surface area contributed by atoms with E-state index in [1.54, 1.807) is 11.8 Å². The van der Waals surface area contributed by atoms with E-state index in [1.807, 2.05) is 30.3 Å². The Kier molecular flexibility index (Phi) is 4.66. The number of carbonyl (C=O) groups is 1. The third-order valence-electron chi connectivity index (χ3n) is 3.28. The molecule has 0 radical (unpaired) electrons. The van der Waals surface area contributed by atoms with Gasteiger partial charge in [0.25, 0.3) is 5.91 Å². The largest absolute Gasteiger partial charge is 0.380 e. The van der Waals surface area contributed by atoms with Gasteiger partial charge < -0.3 is 10.4 Å². The Balaban J connectivity index is 1.78. The normalized spacial score (nSPS) is 18.3. The molecule has 1 saturated heterocycles. The number of aliphatic hydroxyl groups is 1. The maximum absolute atomic E-state index is 11.9. The molecular weight excluding hydrogens is 246 g/mol. The zero-order valence-electron chi connectivity index (χ0n) is 10.4. The molecule has 4 heteroatoms. The maximum atomic E-state index is 11.9. The van der Waals surface area contributed by atoms with Crippen LogP contribution >= 0.6 is 11.8 Å². The fraction of sp³-hybridized carbons (Fsp3) is 0.500. The Morgan fingerprint density at radius 3 is 2.61 bits per heavy atom. The molecule has 1 aliphatic heterocycles. The number of hydrogen-bond donors (Lipinski definition) is 2. The van der Waals surface area contributed by atoms with Crippen molar-refractivity contribution in [1.29, 1.82) is 0 Å². The molecule has 1 fully saturated rings. The quantitative estimate of drug-likeness (QED) is 0.869. The van der Waals surface area contributed by atoms with E-state index in [1.165, 1.54) is 5.56 Å². The second-order valence-electron chi connectivity index (χ2n) is 4.64. The third-order valence-corrected chi connectivity index (χ3v) is 4.27. The van der Waals surface area contributed by atoms with E-state index < -0.39 is 5.60 Å². The molecule has 3 nitrogen and oxygen atoms in total. The number of benzene rings is 1. The maximum Gasteiger partial charge on any atom is 0.252 e. The van der Waals surface area contributed by atoms with Crippen molar-refractivity contribution in [3.8, 4) is 0 Å². The molecule has 0 spiro atoms. The van der Waals surface area contributed by atoms with Gasteiger partial charge in [0, 0.05) is 6.54 Å². The molecule has 0 aliphatic carbocycles. The highest BCUT2D eigenvalue weighted by molar-refractivity contribution is 7.99. The fourth-order valence-electron chi connectivity index (χ4n) is 2.07. The SMILES string of the molecule is O=C(NCCc1ccccc1)C1(O)CCSCC1. The molecule has 1 aliphatic rings. The Morgan fingerprint density at radius 1 is 1.28 bits per heavy atom. The van der Waals surface area contributed by atoms with Gasteiger partial charge in [0.05, 0.1) is 0 Å². The minimum atomic E-state index is -1.14. The van der Waals surface area contributed by atoms with E-state index in [0.29, 0.717) is 19.4 Å². The Morgan fingerprint density at radius 2 is 1.94 bits per heavy atom. The number of amides is 1. The summed E-state index contributed by atoms with van der Waals surface area (Å²) in [7, 11) is 0. The first-order valence-corrected chi connectivity index (χ1v) is 7.48. The molecule has 1 amide bonds. The van der Waals surface area contributed by atoms with Gasteiger partial charge in [0.2, 0.25) is 0 Å². The van der Waals surface area contributed by atoms with Gasteiger partial charge in [0.15, 0.2) is 0 Å². The van der Waals surface area contributed by atoms with Crippen molar-refractivity contribution in [1.82, 2.24) is 5.32 Å². The number of thioether (sulfide) groups is 1. The van der Waals surface area contributed by atoms with Crippen LogP contribution in [0.15, 0.2) is 30.3 Å². The second-order valence-corrected chi connectivity index (χ2v) is 5.86. The average molecular weight is 265 g/mol. The standard InChI is InChI=1S/C14H19NO2S/c16-13(14(17)7-10-18-11-8-14)15-9-6-12-4-2-1-3-5-12/h1-5,17H,6-11H2,(H,15,16). The van der Waals surface area contributed by atoms with Crippen molar-refractivity contribution in [2.75, 3.05) is 18.1 Å². The van der Waals surface area contributed by atoms with Crippen molar-refractivity contribution in [2.24, 2.45) is 0 Å². The van der Waals surface area contributed by atoms with Gasteiger partial charge in [0.1, 0.15) is 5.60 Å². The van der Waals surface area contributed by atoms with Crippen LogP contribution in [0.5, 0.6) is 0 Å². The van der Waals surface area contributed by atoms with E-state index in [2.05, 4.69) is 5.32 Å². The first-order valence-electron chi connectivity index (χ1n) is 6.33. The minimum Gasteiger partial charge on any atom is -0.380 e. The third kappa shape index (κ3) is 3.50. The highest BCUT2D eigenvalue weighted by Gasteiger charge is 2.36. The van der Waals surface area contributed by atoms with Crippen LogP contribution in [-0.4, -0.2) is 34.7 Å². The average Bonchev–Trinajstić information content (AvgIpc) is 2.41. The monoisotopic (exact) mass is 265 g/mol. The van der Waals surface area contributed by atoms with Crippen molar-refractivity contribution in [2.45, 2.75) is 24.9 Å². The first kappa shape index (κ1) is 13.4. The Hall–Kier alpha value is -1.00. The lowest BCUT2D eigenvalue weighted by atomic mass is 9.96. The van der Waals surface area contributed by atoms with Crippen LogP contribution in [-0.2, 0) is 11.2 Å². The zero-order valence-corrected chi connectivity index (χ0v) is 11.2. The van der Waals surface area contributed by atoms with Crippen molar-refractivity contribution < 1.29 is 9.90 Å². The predicted octanol–water partition coefficient (Wildman–Crippen LogP) is 1.60. The van der Waals surface area contributed by atoms with Gasteiger partial charge in [-0.2, -0.15) is 11.8 Å². The van der Waals surface area contributed by atoms with E-state index in [9.17, 15) is 9.90 Å². The lowest BCUT2D eigenvalue weighted by molar-refractivity contribution is -0.140. The van der Waals surface area contributed by atoms with E-state index in [4.69, 9.17) is 0 Å². The van der Waals surface area contributed by atoms with Gasteiger partial charge in [-0.1, -0.05) is 30.3 Å². The van der Waals surface area contributed by atoms with Crippen LogP contribution in [0.1, 0.15) is 18.4 Å². The number of hydrogen-bond acceptors (Lipinski definition) is 3. The first-order chi connectivity index (χ1) is 8.71. The smallest absolute Gasteiger partial charge is 0.252 e. The molecule has 0 atom stereocenters. The van der Waals surface area contributed by atoms with Gasteiger partial charge >= 0.3 is 0 Å². The van der Waals surface area contributed by atoms with Gasteiger partial charge in [-0.05, 0) is 36.3 Å². The van der Waals surface area contributed by atoms with Gasteiger partial charge in [-0.25, -0.2) is 0 Å². The predicted molar refractivity (Wildman–Crippen MR) is 74.7 cm³/mol. The number of nitrogens with one attached hydrogen (secondary N) is 1. The Labute approximate surface area is 112 Å².